The first-order valence-electron chi connectivity index (χ1n) is 7.70. The molecule has 0 spiro atoms. The van der Waals surface area contributed by atoms with Gasteiger partial charge >= 0.3 is 5.97 Å². The van der Waals surface area contributed by atoms with Gasteiger partial charge in [0.05, 0.1) is 18.9 Å². The van der Waals surface area contributed by atoms with Gasteiger partial charge in [-0.3, -0.25) is 9.59 Å². The first-order valence-corrected chi connectivity index (χ1v) is 7.70. The molecule has 2 amide bonds. The number of benzene rings is 1. The predicted molar refractivity (Wildman–Crippen MR) is 82.9 cm³/mol. The Morgan fingerprint density at radius 3 is 2.88 bits per heavy atom. The summed E-state index contributed by atoms with van der Waals surface area (Å²) in [4.78, 5) is 38.5. The molecule has 1 aromatic carbocycles. The van der Waals surface area contributed by atoms with E-state index >= 15 is 0 Å². The molecule has 0 bridgehead atoms. The van der Waals surface area contributed by atoms with Crippen LogP contribution in [0.15, 0.2) is 24.3 Å². The Labute approximate surface area is 138 Å². The van der Waals surface area contributed by atoms with Crippen molar-refractivity contribution in [2.45, 2.75) is 12.5 Å². The number of carbonyl (C=O) groups is 3. The van der Waals surface area contributed by atoms with E-state index in [2.05, 4.69) is 0 Å². The number of para-hydroxylation sites is 2. The minimum atomic E-state index is -1.09. The number of rotatable bonds is 4. The number of aliphatic carboxylic acids is 1. The van der Waals surface area contributed by atoms with Crippen molar-refractivity contribution >= 4 is 23.5 Å². The van der Waals surface area contributed by atoms with Crippen molar-refractivity contribution in [3.05, 3.63) is 24.3 Å². The van der Waals surface area contributed by atoms with Crippen LogP contribution in [0.4, 0.5) is 5.69 Å². The topological polar surface area (TPSA) is 96.4 Å². The fourth-order valence-electron chi connectivity index (χ4n) is 2.86. The van der Waals surface area contributed by atoms with Gasteiger partial charge in [-0.2, -0.15) is 0 Å². The highest BCUT2D eigenvalue weighted by atomic mass is 16.5. The number of ether oxygens (including phenoxy) is 2. The van der Waals surface area contributed by atoms with Gasteiger partial charge in [0.25, 0.3) is 5.91 Å². The molecule has 0 aromatic heterocycles. The molecule has 2 aliphatic rings. The second-order valence-electron chi connectivity index (χ2n) is 5.57. The summed E-state index contributed by atoms with van der Waals surface area (Å²) in [5.74, 6) is -1.02. The number of fused-ring (bicyclic) bond motifs is 1. The highest BCUT2D eigenvalue weighted by molar-refractivity contribution is 5.98. The Morgan fingerprint density at radius 2 is 2.08 bits per heavy atom. The molecule has 0 unspecified atom stereocenters. The molecule has 0 aliphatic carbocycles. The van der Waals surface area contributed by atoms with E-state index in [0.717, 1.165) is 0 Å². The van der Waals surface area contributed by atoms with Crippen LogP contribution in [0.5, 0.6) is 5.75 Å². The molecule has 1 saturated heterocycles. The van der Waals surface area contributed by atoms with Crippen molar-refractivity contribution in [3.8, 4) is 5.75 Å². The second-order valence-corrected chi connectivity index (χ2v) is 5.57. The molecule has 1 fully saturated rings. The number of carboxylic acid groups (broad SMARTS) is 1. The lowest BCUT2D eigenvalue weighted by Crippen LogP contribution is -2.53. The fraction of sp³-hybridized carbons (Fsp3) is 0.438. The van der Waals surface area contributed by atoms with Gasteiger partial charge < -0.3 is 24.4 Å². The van der Waals surface area contributed by atoms with E-state index in [0.29, 0.717) is 18.0 Å². The van der Waals surface area contributed by atoms with Crippen molar-refractivity contribution in [2.24, 2.45) is 0 Å². The standard InChI is InChI=1S/C16H18N2O6/c19-14(18-7-8-23-9-12(18)16(21)22)5-6-17-11-3-1-2-4-13(11)24-10-15(17)20/h1-4,12H,5-10H2,(H,21,22)/t12-/m0/s1. The molecule has 0 saturated carbocycles. The molecule has 8 nitrogen and oxygen atoms in total. The highest BCUT2D eigenvalue weighted by Gasteiger charge is 2.33. The highest BCUT2D eigenvalue weighted by Crippen LogP contribution is 2.31. The van der Waals surface area contributed by atoms with E-state index in [4.69, 9.17) is 9.47 Å². The van der Waals surface area contributed by atoms with Crippen molar-refractivity contribution < 1.29 is 29.0 Å². The third-order valence-corrected chi connectivity index (χ3v) is 4.09. The summed E-state index contributed by atoms with van der Waals surface area (Å²) in [6, 6.07) is 6.14. The quantitative estimate of drug-likeness (QED) is 0.840. The number of hydrogen-bond acceptors (Lipinski definition) is 5. The lowest BCUT2D eigenvalue weighted by atomic mass is 10.2. The minimum Gasteiger partial charge on any atom is -0.482 e. The zero-order valence-electron chi connectivity index (χ0n) is 13.0. The Balaban J connectivity index is 1.68. The second kappa shape index (κ2) is 6.88. The van der Waals surface area contributed by atoms with Gasteiger partial charge in [0.15, 0.2) is 12.6 Å². The Morgan fingerprint density at radius 1 is 1.29 bits per heavy atom. The van der Waals surface area contributed by atoms with E-state index < -0.39 is 12.0 Å². The molecule has 8 heteroatoms. The first-order chi connectivity index (χ1) is 11.6. The molecule has 0 radical (unpaired) electrons. The van der Waals surface area contributed by atoms with Crippen LogP contribution in [0.2, 0.25) is 0 Å². The summed E-state index contributed by atoms with van der Waals surface area (Å²) in [7, 11) is 0. The average Bonchev–Trinajstić information content (AvgIpc) is 2.60. The third kappa shape index (κ3) is 3.18. The maximum Gasteiger partial charge on any atom is 0.328 e. The Kier molecular flexibility index (Phi) is 4.66. The summed E-state index contributed by atoms with van der Waals surface area (Å²) >= 11 is 0. The maximum absolute atomic E-state index is 12.4. The van der Waals surface area contributed by atoms with Crippen LogP contribution in [0.3, 0.4) is 0 Å². The van der Waals surface area contributed by atoms with Gasteiger partial charge in [0.1, 0.15) is 5.75 Å². The maximum atomic E-state index is 12.4. The number of carboxylic acids is 1. The van der Waals surface area contributed by atoms with Crippen molar-refractivity contribution in [3.63, 3.8) is 0 Å². The Bertz CT molecular complexity index is 662. The van der Waals surface area contributed by atoms with Gasteiger partial charge in [-0.1, -0.05) is 12.1 Å². The molecular weight excluding hydrogens is 316 g/mol. The van der Waals surface area contributed by atoms with Gasteiger partial charge in [0.2, 0.25) is 5.91 Å². The number of hydrogen-bond donors (Lipinski definition) is 1. The average molecular weight is 334 g/mol. The summed E-state index contributed by atoms with van der Waals surface area (Å²) in [6.07, 6.45) is 0.0455. The van der Waals surface area contributed by atoms with E-state index in [1.807, 2.05) is 6.07 Å². The summed E-state index contributed by atoms with van der Waals surface area (Å²) in [5, 5.41) is 9.19. The van der Waals surface area contributed by atoms with Gasteiger partial charge in [0, 0.05) is 19.5 Å². The largest absolute Gasteiger partial charge is 0.482 e. The molecule has 1 aromatic rings. The van der Waals surface area contributed by atoms with Crippen LogP contribution >= 0.6 is 0 Å². The van der Waals surface area contributed by atoms with E-state index in [1.54, 1.807) is 18.2 Å². The number of carbonyl (C=O) groups excluding carboxylic acids is 2. The smallest absolute Gasteiger partial charge is 0.328 e. The molecular formula is C16H18N2O6. The summed E-state index contributed by atoms with van der Waals surface area (Å²) < 4.78 is 10.5. The van der Waals surface area contributed by atoms with Crippen LogP contribution in [0.1, 0.15) is 6.42 Å². The van der Waals surface area contributed by atoms with E-state index in [-0.39, 0.29) is 44.5 Å². The molecule has 2 aliphatic heterocycles. The SMILES string of the molecule is O=C(O)[C@@H]1COCCN1C(=O)CCN1C(=O)COc2ccccc21. The first kappa shape index (κ1) is 16.3. The molecule has 24 heavy (non-hydrogen) atoms. The molecule has 1 atom stereocenters. The molecule has 2 heterocycles. The molecule has 3 rings (SSSR count). The van der Waals surface area contributed by atoms with Gasteiger partial charge in [-0.15, -0.1) is 0 Å². The van der Waals surface area contributed by atoms with Crippen molar-refractivity contribution in [1.29, 1.82) is 0 Å². The third-order valence-electron chi connectivity index (χ3n) is 4.09. The zero-order valence-corrected chi connectivity index (χ0v) is 13.0. The number of morpholine rings is 1. The van der Waals surface area contributed by atoms with Crippen LogP contribution in [-0.2, 0) is 19.1 Å². The van der Waals surface area contributed by atoms with E-state index in [1.165, 1.54) is 9.80 Å². The van der Waals surface area contributed by atoms with E-state index in [9.17, 15) is 19.5 Å². The number of amides is 2. The molecule has 128 valence electrons. The predicted octanol–water partition coefficient (Wildman–Crippen LogP) is 0.114. The normalized spacial score (nSPS) is 20.3. The summed E-state index contributed by atoms with van der Waals surface area (Å²) in [5.41, 5.74) is 0.623. The Hall–Kier alpha value is -2.61. The molecule has 1 N–H and O–H groups in total. The van der Waals surface area contributed by atoms with Crippen LogP contribution in [0.25, 0.3) is 0 Å². The monoisotopic (exact) mass is 334 g/mol. The minimum absolute atomic E-state index is 0.0135. The zero-order chi connectivity index (χ0) is 17.1. The lowest BCUT2D eigenvalue weighted by Gasteiger charge is -2.34. The fourth-order valence-corrected chi connectivity index (χ4v) is 2.86. The number of nitrogens with zero attached hydrogens (tertiary/aromatic N) is 2. The van der Waals surface area contributed by atoms with Crippen molar-refractivity contribution in [2.75, 3.05) is 37.8 Å². The van der Waals surface area contributed by atoms with Gasteiger partial charge in [-0.05, 0) is 12.1 Å². The number of anilines is 1. The van der Waals surface area contributed by atoms with Crippen molar-refractivity contribution in [1.82, 2.24) is 4.90 Å². The van der Waals surface area contributed by atoms with Crippen LogP contribution in [-0.4, -0.2) is 66.7 Å². The van der Waals surface area contributed by atoms with Crippen LogP contribution in [0, 0.1) is 0 Å². The van der Waals surface area contributed by atoms with Crippen LogP contribution < -0.4 is 9.64 Å². The lowest BCUT2D eigenvalue weighted by molar-refractivity contribution is -0.158. The van der Waals surface area contributed by atoms with Gasteiger partial charge in [-0.25, -0.2) is 4.79 Å². The summed E-state index contributed by atoms with van der Waals surface area (Å²) in [6.45, 7) is 0.654.